The van der Waals surface area contributed by atoms with Crippen LogP contribution in [0.3, 0.4) is 0 Å². The lowest BCUT2D eigenvalue weighted by atomic mass is 10.2. The number of hydrogen-bond acceptors (Lipinski definition) is 6. The molecule has 2 N–H and O–H groups in total. The number of aliphatic imine (C=N–C) groups is 1. The molecule has 0 aliphatic heterocycles. The molecule has 1 rings (SSSR count). The van der Waals surface area contributed by atoms with Crippen molar-refractivity contribution in [3.63, 3.8) is 0 Å². The van der Waals surface area contributed by atoms with E-state index in [0.717, 1.165) is 17.0 Å². The Bertz CT molecular complexity index is 919. The van der Waals surface area contributed by atoms with Gasteiger partial charge >= 0.3 is 6.18 Å². The van der Waals surface area contributed by atoms with Crippen LogP contribution in [0.15, 0.2) is 40.9 Å². The van der Waals surface area contributed by atoms with Gasteiger partial charge in [0.05, 0.1) is 30.1 Å². The summed E-state index contributed by atoms with van der Waals surface area (Å²) < 4.78 is 62.2. The van der Waals surface area contributed by atoms with Gasteiger partial charge in [-0.25, -0.2) is 12.7 Å². The summed E-state index contributed by atoms with van der Waals surface area (Å²) in [6.07, 6.45) is 0.730. The van der Waals surface area contributed by atoms with E-state index in [0.29, 0.717) is 23.5 Å². The van der Waals surface area contributed by atoms with Crippen LogP contribution in [0.5, 0.6) is 0 Å². The summed E-state index contributed by atoms with van der Waals surface area (Å²) >= 11 is 0. The van der Waals surface area contributed by atoms with Gasteiger partial charge in [-0.15, -0.1) is 0 Å². The first kappa shape index (κ1) is 28.6. The maximum Gasteiger partial charge on any atom is 0.389 e. The van der Waals surface area contributed by atoms with E-state index in [2.05, 4.69) is 9.98 Å². The number of carbonyl (C=O) groups is 1. The summed E-state index contributed by atoms with van der Waals surface area (Å²) in [5.74, 6) is -0.409. The van der Waals surface area contributed by atoms with Crippen LogP contribution in [0.1, 0.15) is 46.0 Å². The topological polar surface area (TPSA) is 109 Å². The fourth-order valence-corrected chi connectivity index (χ4v) is 3.91. The van der Waals surface area contributed by atoms with Gasteiger partial charge in [0.2, 0.25) is 15.9 Å². The highest BCUT2D eigenvalue weighted by atomic mass is 32.2. The fourth-order valence-electron chi connectivity index (χ4n) is 3.02. The van der Waals surface area contributed by atoms with E-state index in [1.54, 1.807) is 31.5 Å². The highest BCUT2D eigenvalue weighted by molar-refractivity contribution is 7.88. The van der Waals surface area contributed by atoms with Crippen LogP contribution in [-0.4, -0.2) is 66.8 Å². The lowest BCUT2D eigenvalue weighted by molar-refractivity contribution is -0.136. The maximum absolute atomic E-state index is 13.0. The van der Waals surface area contributed by atoms with Gasteiger partial charge in [0.15, 0.2) is 0 Å². The van der Waals surface area contributed by atoms with E-state index in [-0.39, 0.29) is 32.5 Å². The second-order valence-corrected chi connectivity index (χ2v) is 9.38. The van der Waals surface area contributed by atoms with Gasteiger partial charge in [-0.3, -0.25) is 14.8 Å². The summed E-state index contributed by atoms with van der Waals surface area (Å²) in [6.45, 7) is 3.39. The number of aromatic nitrogens is 1. The molecule has 0 atom stereocenters. The quantitative estimate of drug-likeness (QED) is 0.424. The van der Waals surface area contributed by atoms with Gasteiger partial charge in [0.25, 0.3) is 0 Å². The number of nitrogens with two attached hydrogens (primary N) is 1. The zero-order chi connectivity index (χ0) is 25.1. The summed E-state index contributed by atoms with van der Waals surface area (Å²) in [4.78, 5) is 22.7. The van der Waals surface area contributed by atoms with Crippen molar-refractivity contribution >= 4 is 27.8 Å². The molecular formula is C21H32F3N5O3S. The predicted octanol–water partition coefficient (Wildman–Crippen LogP) is 3.60. The second-order valence-electron chi connectivity index (χ2n) is 7.40. The van der Waals surface area contributed by atoms with Crippen LogP contribution in [0.2, 0.25) is 0 Å². The van der Waals surface area contributed by atoms with E-state index in [9.17, 15) is 26.4 Å². The maximum atomic E-state index is 13.0. The Hall–Kier alpha value is -2.47. The van der Waals surface area contributed by atoms with Gasteiger partial charge in [0, 0.05) is 44.4 Å². The average Bonchev–Trinajstić information content (AvgIpc) is 2.72. The van der Waals surface area contributed by atoms with Crippen molar-refractivity contribution in [2.24, 2.45) is 10.7 Å². The number of allylic oxidation sites excluding steroid dienone is 2. The Morgan fingerprint density at radius 2 is 1.94 bits per heavy atom. The molecule has 1 amide bonds. The highest BCUT2D eigenvalue weighted by Gasteiger charge is 2.28. The Labute approximate surface area is 193 Å². The molecule has 8 nitrogen and oxygen atoms in total. The summed E-state index contributed by atoms with van der Waals surface area (Å²) in [7, 11) is -3.78. The van der Waals surface area contributed by atoms with Crippen LogP contribution in [-0.2, 0) is 14.8 Å². The molecule has 1 heterocycles. The van der Waals surface area contributed by atoms with Gasteiger partial charge in [-0.1, -0.05) is 13.3 Å². The summed E-state index contributed by atoms with van der Waals surface area (Å²) in [5.41, 5.74) is 7.62. The number of sulfonamides is 1. The molecular weight excluding hydrogens is 459 g/mol. The van der Waals surface area contributed by atoms with Crippen molar-refractivity contribution < 1.29 is 26.4 Å². The number of carbonyl (C=O) groups excluding carboxylic acids is 1. The Morgan fingerprint density at radius 1 is 1.24 bits per heavy atom. The summed E-state index contributed by atoms with van der Waals surface area (Å²) in [5, 5.41) is 0. The number of rotatable bonds is 13. The van der Waals surface area contributed by atoms with Gasteiger partial charge in [-0.2, -0.15) is 13.2 Å². The first-order valence-electron chi connectivity index (χ1n) is 10.6. The molecule has 0 bridgehead atoms. The largest absolute Gasteiger partial charge is 0.400 e. The normalized spacial score (nSPS) is 13.4. The van der Waals surface area contributed by atoms with Crippen molar-refractivity contribution in [2.75, 3.05) is 25.9 Å². The molecule has 0 fully saturated rings. The Morgan fingerprint density at radius 3 is 2.45 bits per heavy atom. The molecule has 12 heteroatoms. The molecule has 0 spiro atoms. The number of nitrogens with zero attached hydrogens (tertiary/aromatic N) is 4. The van der Waals surface area contributed by atoms with Gasteiger partial charge in [0.1, 0.15) is 0 Å². The molecule has 33 heavy (non-hydrogen) atoms. The molecule has 0 aromatic carbocycles. The smallest absolute Gasteiger partial charge is 0.389 e. The van der Waals surface area contributed by atoms with Crippen LogP contribution in [0.4, 0.5) is 18.9 Å². The van der Waals surface area contributed by atoms with E-state index in [1.165, 1.54) is 11.1 Å². The number of pyridine rings is 1. The van der Waals surface area contributed by atoms with Crippen LogP contribution >= 0.6 is 0 Å². The number of alkyl halides is 3. The SMILES string of the molecule is CCCC(N)=C(C=Nc1cccnc1)N(CC)C(=O)CCN(CCCC(F)(F)F)S(C)(=O)=O. The zero-order valence-electron chi connectivity index (χ0n) is 19.2. The minimum atomic E-state index is -4.37. The predicted molar refractivity (Wildman–Crippen MR) is 122 cm³/mol. The molecule has 0 aliphatic carbocycles. The lowest BCUT2D eigenvalue weighted by Crippen LogP contribution is -2.38. The van der Waals surface area contributed by atoms with E-state index in [4.69, 9.17) is 5.73 Å². The standard InChI is InChI=1S/C21H32F3N5O3S/c1-4-8-18(25)19(16-27-17-9-6-12-26-15-17)29(5-2)20(30)10-14-28(33(3,31)32)13-7-11-21(22,23)24/h6,9,12,15-16H,4-5,7-8,10-11,13-14,25H2,1-3H3. The van der Waals surface area contributed by atoms with Crippen molar-refractivity contribution in [2.45, 2.75) is 52.1 Å². The Balaban J connectivity index is 3.00. The van der Waals surface area contributed by atoms with Gasteiger partial charge < -0.3 is 10.6 Å². The van der Waals surface area contributed by atoms with Crippen molar-refractivity contribution in [3.8, 4) is 0 Å². The van der Waals surface area contributed by atoms with Crippen LogP contribution in [0, 0.1) is 0 Å². The summed E-state index contributed by atoms with van der Waals surface area (Å²) in [6, 6.07) is 3.45. The second kappa shape index (κ2) is 13.3. The molecule has 0 unspecified atom stereocenters. The number of hydrogen-bond donors (Lipinski definition) is 1. The molecule has 0 saturated heterocycles. The van der Waals surface area contributed by atoms with E-state index < -0.39 is 28.5 Å². The highest BCUT2D eigenvalue weighted by Crippen LogP contribution is 2.22. The van der Waals surface area contributed by atoms with Crippen LogP contribution < -0.4 is 5.73 Å². The molecule has 1 aromatic rings. The van der Waals surface area contributed by atoms with Crippen molar-refractivity contribution in [3.05, 3.63) is 35.9 Å². The Kier molecular flexibility index (Phi) is 11.5. The monoisotopic (exact) mass is 491 g/mol. The third-order valence-corrected chi connectivity index (χ3v) is 5.95. The third-order valence-electron chi connectivity index (χ3n) is 4.65. The first-order valence-corrected chi connectivity index (χ1v) is 12.5. The number of halogens is 3. The lowest BCUT2D eigenvalue weighted by Gasteiger charge is -2.26. The molecule has 0 aliphatic rings. The van der Waals surface area contributed by atoms with Gasteiger partial charge in [-0.05, 0) is 31.9 Å². The zero-order valence-corrected chi connectivity index (χ0v) is 20.0. The molecule has 0 radical (unpaired) electrons. The van der Waals surface area contributed by atoms with Crippen molar-refractivity contribution in [1.29, 1.82) is 0 Å². The first-order chi connectivity index (χ1) is 15.4. The van der Waals surface area contributed by atoms with Crippen molar-refractivity contribution in [1.82, 2.24) is 14.2 Å². The molecule has 1 aromatic heterocycles. The third kappa shape index (κ3) is 10.8. The minimum Gasteiger partial charge on any atom is -0.400 e. The fraction of sp³-hybridized carbons (Fsp3) is 0.571. The molecule has 186 valence electrons. The minimum absolute atomic E-state index is 0.212. The molecule has 0 saturated carbocycles. The number of amides is 1. The van der Waals surface area contributed by atoms with Crippen LogP contribution in [0.25, 0.3) is 0 Å². The van der Waals surface area contributed by atoms with E-state index in [1.807, 2.05) is 6.92 Å². The van der Waals surface area contributed by atoms with E-state index >= 15 is 0 Å². The average molecular weight is 492 g/mol.